The van der Waals surface area contributed by atoms with E-state index >= 15 is 0 Å². The second kappa shape index (κ2) is 13.9. The molecule has 4 aromatic rings. The topological polar surface area (TPSA) is 133 Å². The smallest absolute Gasteiger partial charge is 0.416 e. The van der Waals surface area contributed by atoms with Gasteiger partial charge in [-0.15, -0.1) is 5.10 Å². The number of aromatic nitrogens is 4. The normalized spacial score (nSPS) is 16.2. The Morgan fingerprint density at radius 1 is 1.04 bits per heavy atom. The first kappa shape index (κ1) is 36.5. The fourth-order valence-corrected chi connectivity index (χ4v) is 6.71. The molecular weight excluding hydrogens is 719 g/mol. The van der Waals surface area contributed by atoms with Crippen LogP contribution < -0.4 is 20.5 Å². The van der Waals surface area contributed by atoms with Crippen molar-refractivity contribution >= 4 is 40.8 Å². The molecule has 17 heteroatoms. The summed E-state index contributed by atoms with van der Waals surface area (Å²) >= 11 is 6.35. The minimum Gasteiger partial charge on any atom is -0.488 e. The molecular formula is C36H39ClF3N7O6. The van der Waals surface area contributed by atoms with Gasteiger partial charge >= 0.3 is 12.3 Å². The van der Waals surface area contributed by atoms with Gasteiger partial charge in [-0.25, -0.2) is 4.79 Å². The van der Waals surface area contributed by atoms with Gasteiger partial charge in [0.2, 0.25) is 11.7 Å². The van der Waals surface area contributed by atoms with Gasteiger partial charge in [-0.2, -0.15) is 22.7 Å². The van der Waals surface area contributed by atoms with Crippen LogP contribution in [-0.2, 0) is 46.6 Å². The zero-order chi connectivity index (χ0) is 37.8. The summed E-state index contributed by atoms with van der Waals surface area (Å²) in [5, 5.41) is 6.95. The number of rotatable bonds is 8. The molecule has 13 nitrogen and oxygen atoms in total. The van der Waals surface area contributed by atoms with E-state index in [1.165, 1.54) is 0 Å². The molecule has 282 valence electrons. The summed E-state index contributed by atoms with van der Waals surface area (Å²) in [5.74, 6) is -0.480. The number of nitrogens with one attached hydrogen (secondary N) is 1. The third kappa shape index (κ3) is 7.65. The molecule has 1 saturated heterocycles. The summed E-state index contributed by atoms with van der Waals surface area (Å²) in [6.07, 6.45) is -3.79. The number of alkyl halides is 3. The average Bonchev–Trinajstić information content (AvgIpc) is 3.58. The standard InChI is InChI=1S/C36H39ClF3N7O6/c1-5-26-30(44-10-12-45(13-11-44)34(50)53-35(2,3)4)32(49)47-33(42-31(43-47)20-6-7-21-18-51-19-22(21)14-20)46(26)17-28(48)41-29-25(37)15-23(36(38,39)40)16-27(29)52-24-8-9-24/h6-7,14-16,24H,5,8-13,17-19H2,1-4H3,(H,41,48). The lowest BCUT2D eigenvalue weighted by Crippen LogP contribution is -2.51. The van der Waals surface area contributed by atoms with Gasteiger partial charge in [-0.3, -0.25) is 9.59 Å². The minimum atomic E-state index is -4.68. The second-order valence-electron chi connectivity index (χ2n) is 14.3. The first-order valence-electron chi connectivity index (χ1n) is 17.4. The molecule has 0 atom stereocenters. The van der Waals surface area contributed by atoms with Gasteiger partial charge in [0, 0.05) is 31.7 Å². The van der Waals surface area contributed by atoms with E-state index in [0.717, 1.165) is 27.8 Å². The quantitative estimate of drug-likeness (QED) is 0.228. The Morgan fingerprint density at radius 2 is 1.75 bits per heavy atom. The molecule has 1 N–H and O–H groups in total. The van der Waals surface area contributed by atoms with Crippen molar-refractivity contribution in [2.45, 2.75) is 84.6 Å². The van der Waals surface area contributed by atoms with E-state index in [1.54, 1.807) is 30.2 Å². The van der Waals surface area contributed by atoms with Crippen LogP contribution in [0.5, 0.6) is 5.75 Å². The van der Waals surface area contributed by atoms with E-state index in [-0.39, 0.29) is 47.3 Å². The van der Waals surface area contributed by atoms with Gasteiger partial charge in [0.15, 0.2) is 5.82 Å². The number of amides is 2. The maximum atomic E-state index is 14.3. The Labute approximate surface area is 307 Å². The molecule has 1 saturated carbocycles. The molecule has 2 aliphatic heterocycles. The van der Waals surface area contributed by atoms with Crippen molar-refractivity contribution in [3.8, 4) is 17.1 Å². The number of carbonyl (C=O) groups is 2. The van der Waals surface area contributed by atoms with Crippen LogP contribution in [0.4, 0.5) is 29.3 Å². The Kier molecular flexibility index (Phi) is 9.55. The van der Waals surface area contributed by atoms with Crippen LogP contribution in [0.3, 0.4) is 0 Å². The van der Waals surface area contributed by atoms with Gasteiger partial charge in [0.25, 0.3) is 5.56 Å². The maximum Gasteiger partial charge on any atom is 0.416 e. The van der Waals surface area contributed by atoms with E-state index in [2.05, 4.69) is 10.4 Å². The molecule has 0 bridgehead atoms. The third-order valence-electron chi connectivity index (χ3n) is 9.15. The van der Waals surface area contributed by atoms with Crippen molar-refractivity contribution < 1.29 is 37.0 Å². The SMILES string of the molecule is CCc1c(N2CCN(C(=O)OC(C)(C)C)CC2)c(=O)n2nc(-c3ccc4c(c3)COC4)nc2n1CC(=O)Nc1c(Cl)cc(C(F)(F)F)cc1OC1CC1. The molecule has 3 aliphatic rings. The maximum absolute atomic E-state index is 14.3. The van der Waals surface area contributed by atoms with Crippen molar-refractivity contribution in [2.24, 2.45) is 0 Å². The molecule has 2 aromatic heterocycles. The fraction of sp³-hybridized carbons (Fsp3) is 0.472. The summed E-state index contributed by atoms with van der Waals surface area (Å²) in [6, 6.07) is 7.24. The van der Waals surface area contributed by atoms with Crippen LogP contribution in [-0.4, -0.2) is 73.9 Å². The number of carbonyl (C=O) groups excluding carboxylic acids is 2. The molecule has 2 amide bonds. The van der Waals surface area contributed by atoms with Crippen molar-refractivity contribution in [1.82, 2.24) is 24.1 Å². The van der Waals surface area contributed by atoms with Gasteiger partial charge in [0.1, 0.15) is 29.3 Å². The monoisotopic (exact) mass is 757 g/mol. The predicted octanol–water partition coefficient (Wildman–Crippen LogP) is 6.06. The highest BCUT2D eigenvalue weighted by Crippen LogP contribution is 2.42. The molecule has 7 rings (SSSR count). The highest BCUT2D eigenvalue weighted by atomic mass is 35.5. The molecule has 0 unspecified atom stereocenters. The number of piperazine rings is 1. The lowest BCUT2D eigenvalue weighted by atomic mass is 10.1. The first-order chi connectivity index (χ1) is 25.1. The summed E-state index contributed by atoms with van der Waals surface area (Å²) in [6.45, 7) is 8.91. The number of anilines is 2. The number of benzene rings is 2. The van der Waals surface area contributed by atoms with Gasteiger partial charge in [-0.05, 0) is 69.4 Å². The number of halogens is 4. The van der Waals surface area contributed by atoms with Crippen LogP contribution >= 0.6 is 11.6 Å². The van der Waals surface area contributed by atoms with Crippen LogP contribution in [0.25, 0.3) is 17.2 Å². The van der Waals surface area contributed by atoms with Crippen LogP contribution in [0.15, 0.2) is 35.1 Å². The van der Waals surface area contributed by atoms with Gasteiger partial charge < -0.3 is 33.9 Å². The van der Waals surface area contributed by atoms with Gasteiger partial charge in [-0.1, -0.05) is 30.7 Å². The Morgan fingerprint density at radius 3 is 2.42 bits per heavy atom. The van der Waals surface area contributed by atoms with Crippen molar-refractivity contribution in [1.29, 1.82) is 0 Å². The highest BCUT2D eigenvalue weighted by molar-refractivity contribution is 6.34. The predicted molar refractivity (Wildman–Crippen MR) is 189 cm³/mol. The molecule has 53 heavy (non-hydrogen) atoms. The Hall–Kier alpha value is -4.83. The largest absolute Gasteiger partial charge is 0.488 e. The second-order valence-corrected chi connectivity index (χ2v) is 14.7. The zero-order valence-electron chi connectivity index (χ0n) is 29.7. The van der Waals surface area contributed by atoms with Gasteiger partial charge in [0.05, 0.1) is 35.6 Å². The summed E-state index contributed by atoms with van der Waals surface area (Å²) < 4.78 is 60.6. The van der Waals surface area contributed by atoms with Crippen molar-refractivity contribution in [3.63, 3.8) is 0 Å². The number of fused-ring (bicyclic) bond motifs is 2. The number of hydrogen-bond acceptors (Lipinski definition) is 9. The summed E-state index contributed by atoms with van der Waals surface area (Å²) in [4.78, 5) is 49.2. The van der Waals surface area contributed by atoms with Crippen LogP contribution in [0, 0.1) is 0 Å². The third-order valence-corrected chi connectivity index (χ3v) is 9.45. The van der Waals surface area contributed by atoms with Crippen LogP contribution in [0.2, 0.25) is 5.02 Å². The van der Waals surface area contributed by atoms with Crippen LogP contribution in [0.1, 0.15) is 62.9 Å². The number of hydrogen-bond donors (Lipinski definition) is 1. The zero-order valence-corrected chi connectivity index (χ0v) is 30.4. The molecule has 1 aliphatic carbocycles. The van der Waals surface area contributed by atoms with E-state index in [0.29, 0.717) is 62.5 Å². The van der Waals surface area contributed by atoms with Crippen molar-refractivity contribution in [2.75, 3.05) is 36.4 Å². The summed E-state index contributed by atoms with van der Waals surface area (Å²) in [5.41, 5.74) is 1.23. The Balaban J connectivity index is 1.27. The molecule has 2 aromatic carbocycles. The first-order valence-corrected chi connectivity index (χ1v) is 17.8. The molecule has 2 fully saturated rings. The van der Waals surface area contributed by atoms with E-state index in [9.17, 15) is 27.6 Å². The summed E-state index contributed by atoms with van der Waals surface area (Å²) in [7, 11) is 0. The van der Waals surface area contributed by atoms with E-state index in [4.69, 9.17) is 30.8 Å². The molecule has 0 radical (unpaired) electrons. The number of nitrogens with zero attached hydrogens (tertiary/aromatic N) is 6. The minimum absolute atomic E-state index is 0.0901. The number of ether oxygens (including phenoxy) is 3. The fourth-order valence-electron chi connectivity index (χ4n) is 6.45. The van der Waals surface area contributed by atoms with Crippen molar-refractivity contribution in [3.05, 3.63) is 68.1 Å². The highest BCUT2D eigenvalue weighted by Gasteiger charge is 2.35. The average molecular weight is 758 g/mol. The molecule has 4 heterocycles. The lowest BCUT2D eigenvalue weighted by Gasteiger charge is -2.37. The molecule has 0 spiro atoms. The van der Waals surface area contributed by atoms with E-state index in [1.807, 2.05) is 30.0 Å². The van der Waals surface area contributed by atoms with E-state index < -0.39 is 41.4 Å². The lowest BCUT2D eigenvalue weighted by molar-refractivity contribution is -0.137. The Bertz CT molecular complexity index is 2150.